The maximum atomic E-state index is 13.4. The SMILES string of the molecule is Cc1ccc(CC(=O)C2(c3ccc4c(c3)OC(F)(F)O4)CC2)nc1-c1ccc(CNS(C)(=O)=O)cc1. The molecule has 36 heavy (non-hydrogen) atoms. The average molecular weight is 515 g/mol. The van der Waals surface area contributed by atoms with Gasteiger partial charge in [0.2, 0.25) is 10.0 Å². The number of fused-ring (bicyclic) bond motifs is 1. The number of nitrogens with zero attached hydrogens (tertiary/aromatic N) is 1. The monoisotopic (exact) mass is 514 g/mol. The number of rotatable bonds is 8. The Morgan fingerprint density at radius 3 is 2.39 bits per heavy atom. The van der Waals surface area contributed by atoms with Gasteiger partial charge in [0.25, 0.3) is 0 Å². The van der Waals surface area contributed by atoms with E-state index in [-0.39, 0.29) is 30.2 Å². The second-order valence-electron chi connectivity index (χ2n) is 9.27. The van der Waals surface area contributed by atoms with Crippen molar-refractivity contribution in [2.45, 2.75) is 44.4 Å². The fourth-order valence-corrected chi connectivity index (χ4v) is 4.82. The molecule has 0 amide bonds. The van der Waals surface area contributed by atoms with Crippen LogP contribution in [-0.4, -0.2) is 31.7 Å². The molecule has 1 fully saturated rings. The molecule has 7 nitrogen and oxygen atoms in total. The minimum atomic E-state index is -3.70. The minimum absolute atomic E-state index is 0.0300. The number of nitrogens with one attached hydrogen (secondary N) is 1. The quantitative estimate of drug-likeness (QED) is 0.483. The van der Waals surface area contributed by atoms with E-state index in [1.165, 1.54) is 12.1 Å². The van der Waals surface area contributed by atoms with Gasteiger partial charge < -0.3 is 9.47 Å². The summed E-state index contributed by atoms with van der Waals surface area (Å²) in [6, 6.07) is 15.6. The molecule has 1 aliphatic heterocycles. The highest BCUT2D eigenvalue weighted by Gasteiger charge is 2.52. The second kappa shape index (κ2) is 8.63. The zero-order valence-electron chi connectivity index (χ0n) is 19.7. The van der Waals surface area contributed by atoms with Crippen molar-refractivity contribution in [3.05, 3.63) is 77.0 Å². The smallest absolute Gasteiger partial charge is 0.395 e. The van der Waals surface area contributed by atoms with E-state index >= 15 is 0 Å². The highest BCUT2D eigenvalue weighted by Crippen LogP contribution is 2.52. The molecule has 0 saturated heterocycles. The van der Waals surface area contributed by atoms with Crippen molar-refractivity contribution in [1.82, 2.24) is 9.71 Å². The highest BCUT2D eigenvalue weighted by molar-refractivity contribution is 7.88. The number of alkyl halides is 2. The van der Waals surface area contributed by atoms with Crippen LogP contribution in [0, 0.1) is 6.92 Å². The summed E-state index contributed by atoms with van der Waals surface area (Å²) >= 11 is 0. The number of carbonyl (C=O) groups is 1. The Morgan fingerprint density at radius 2 is 1.72 bits per heavy atom. The lowest BCUT2D eigenvalue weighted by Crippen LogP contribution is -2.26. The van der Waals surface area contributed by atoms with Gasteiger partial charge in [-0.25, -0.2) is 13.1 Å². The zero-order valence-corrected chi connectivity index (χ0v) is 20.5. The van der Waals surface area contributed by atoms with Crippen LogP contribution in [0.1, 0.15) is 35.2 Å². The normalized spacial score (nSPS) is 17.1. The van der Waals surface area contributed by atoms with Crippen LogP contribution in [0.15, 0.2) is 54.6 Å². The van der Waals surface area contributed by atoms with Gasteiger partial charge in [0.1, 0.15) is 5.78 Å². The third kappa shape index (κ3) is 4.96. The predicted molar refractivity (Wildman–Crippen MR) is 128 cm³/mol. The van der Waals surface area contributed by atoms with Crippen molar-refractivity contribution < 1.29 is 31.5 Å². The molecule has 1 aromatic heterocycles. The van der Waals surface area contributed by atoms with Crippen LogP contribution in [0.3, 0.4) is 0 Å². The van der Waals surface area contributed by atoms with Crippen LogP contribution in [-0.2, 0) is 33.2 Å². The Hall–Kier alpha value is -3.37. The molecule has 0 radical (unpaired) electrons. The molecule has 3 aromatic rings. The summed E-state index contributed by atoms with van der Waals surface area (Å²) in [5.74, 6) is -0.143. The van der Waals surface area contributed by atoms with Gasteiger partial charge in [-0.1, -0.05) is 36.4 Å². The van der Waals surface area contributed by atoms with Gasteiger partial charge in [-0.15, -0.1) is 8.78 Å². The Kier molecular flexibility index (Phi) is 5.83. The van der Waals surface area contributed by atoms with Crippen LogP contribution in [0.25, 0.3) is 11.3 Å². The number of halogens is 2. The lowest BCUT2D eigenvalue weighted by Gasteiger charge is -2.16. The zero-order chi connectivity index (χ0) is 25.7. The summed E-state index contributed by atoms with van der Waals surface area (Å²) in [7, 11) is -3.28. The largest absolute Gasteiger partial charge is 0.586 e. The number of sulfonamides is 1. The van der Waals surface area contributed by atoms with Crippen molar-refractivity contribution in [1.29, 1.82) is 0 Å². The number of hydrogen-bond donors (Lipinski definition) is 1. The molecule has 2 heterocycles. The summed E-state index contributed by atoms with van der Waals surface area (Å²) in [4.78, 5) is 18.1. The molecule has 1 aliphatic carbocycles. The molecule has 10 heteroatoms. The third-order valence-corrected chi connectivity index (χ3v) is 7.17. The maximum absolute atomic E-state index is 13.4. The minimum Gasteiger partial charge on any atom is -0.395 e. The van der Waals surface area contributed by atoms with Gasteiger partial charge in [-0.05, 0) is 54.7 Å². The fourth-order valence-electron chi connectivity index (χ4n) is 4.39. The predicted octanol–water partition coefficient (Wildman–Crippen LogP) is 4.27. The lowest BCUT2D eigenvalue weighted by atomic mass is 9.88. The summed E-state index contributed by atoms with van der Waals surface area (Å²) in [6.07, 6.45) is -1.23. The van der Waals surface area contributed by atoms with Crippen LogP contribution in [0.2, 0.25) is 0 Å². The van der Waals surface area contributed by atoms with E-state index in [0.717, 1.165) is 28.6 Å². The number of ether oxygens (including phenoxy) is 2. The molecule has 1 saturated carbocycles. The number of pyridine rings is 1. The molecule has 5 rings (SSSR count). The molecule has 0 unspecified atom stereocenters. The Bertz CT molecular complexity index is 1450. The van der Waals surface area contributed by atoms with Gasteiger partial charge in [0.05, 0.1) is 17.4 Å². The van der Waals surface area contributed by atoms with Crippen molar-refractivity contribution in [3.8, 4) is 22.8 Å². The Balaban J connectivity index is 1.33. The molecule has 2 aromatic carbocycles. The Labute approximate surface area is 207 Å². The first-order valence-electron chi connectivity index (χ1n) is 11.4. The van der Waals surface area contributed by atoms with E-state index in [0.29, 0.717) is 24.1 Å². The second-order valence-corrected chi connectivity index (χ2v) is 11.1. The van der Waals surface area contributed by atoms with Crippen LogP contribution < -0.4 is 14.2 Å². The molecule has 0 spiro atoms. The van der Waals surface area contributed by atoms with Gasteiger partial charge in [0.15, 0.2) is 11.5 Å². The summed E-state index contributed by atoms with van der Waals surface area (Å²) in [5.41, 5.74) is 3.84. The number of carbonyl (C=O) groups excluding carboxylic acids is 1. The van der Waals surface area contributed by atoms with Gasteiger partial charge >= 0.3 is 6.29 Å². The summed E-state index contributed by atoms with van der Waals surface area (Å²) in [5, 5.41) is 0. The molecular weight excluding hydrogens is 490 g/mol. The van der Waals surface area contributed by atoms with E-state index in [1.54, 1.807) is 6.07 Å². The van der Waals surface area contributed by atoms with Crippen molar-refractivity contribution in [2.75, 3.05) is 6.26 Å². The van der Waals surface area contributed by atoms with Gasteiger partial charge in [0, 0.05) is 24.2 Å². The number of hydrogen-bond acceptors (Lipinski definition) is 6. The highest BCUT2D eigenvalue weighted by atomic mass is 32.2. The number of aryl methyl sites for hydroxylation is 1. The van der Waals surface area contributed by atoms with Crippen molar-refractivity contribution >= 4 is 15.8 Å². The van der Waals surface area contributed by atoms with E-state index in [9.17, 15) is 22.0 Å². The van der Waals surface area contributed by atoms with Gasteiger partial charge in [-0.2, -0.15) is 0 Å². The van der Waals surface area contributed by atoms with Crippen molar-refractivity contribution in [2.24, 2.45) is 0 Å². The summed E-state index contributed by atoms with van der Waals surface area (Å²) < 4.78 is 60.9. The number of ketones is 1. The Morgan fingerprint density at radius 1 is 1.03 bits per heavy atom. The molecule has 0 atom stereocenters. The molecular formula is C26H24F2N2O5S. The van der Waals surface area contributed by atoms with Crippen molar-refractivity contribution in [3.63, 3.8) is 0 Å². The first-order valence-corrected chi connectivity index (χ1v) is 13.3. The number of Topliss-reactive ketones (excluding diaryl/α,β-unsaturated/α-hetero) is 1. The maximum Gasteiger partial charge on any atom is 0.586 e. The van der Waals surface area contributed by atoms with E-state index in [4.69, 9.17) is 4.98 Å². The molecule has 188 valence electrons. The van der Waals surface area contributed by atoms with Crippen LogP contribution in [0.4, 0.5) is 8.78 Å². The van der Waals surface area contributed by atoms with E-state index in [2.05, 4.69) is 14.2 Å². The van der Waals surface area contributed by atoms with E-state index < -0.39 is 21.7 Å². The molecule has 0 bridgehead atoms. The van der Waals surface area contributed by atoms with Gasteiger partial charge in [-0.3, -0.25) is 9.78 Å². The van der Waals surface area contributed by atoms with Crippen LogP contribution in [0.5, 0.6) is 11.5 Å². The van der Waals surface area contributed by atoms with Crippen LogP contribution >= 0.6 is 0 Å². The van der Waals surface area contributed by atoms with E-state index in [1.807, 2.05) is 43.3 Å². The lowest BCUT2D eigenvalue weighted by molar-refractivity contribution is -0.286. The molecule has 1 N–H and O–H groups in total. The molecule has 2 aliphatic rings. The number of benzene rings is 2. The summed E-state index contributed by atoms with van der Waals surface area (Å²) in [6.45, 7) is 2.12. The topological polar surface area (TPSA) is 94.6 Å². The average Bonchev–Trinajstić information content (AvgIpc) is 3.56. The fraction of sp³-hybridized carbons (Fsp3) is 0.308. The number of aromatic nitrogens is 1. The first kappa shape index (κ1) is 24.3. The first-order chi connectivity index (χ1) is 16.9. The standard InChI is InChI=1S/C26H24F2N2O5S/c1-16-3-9-20(30-24(16)18-6-4-17(5-7-18)15-29-36(2,32)33)14-23(31)25(11-12-25)19-8-10-21-22(13-19)35-26(27,28)34-21/h3-10,13,29H,11-12,14-15H2,1-2H3. The third-order valence-electron chi connectivity index (χ3n) is 6.50.